The zero-order valence-electron chi connectivity index (χ0n) is 13.1. The summed E-state index contributed by atoms with van der Waals surface area (Å²) in [6, 6.07) is 2.81. The van der Waals surface area contributed by atoms with Crippen LogP contribution < -0.4 is 5.32 Å². The van der Waals surface area contributed by atoms with Gasteiger partial charge in [-0.2, -0.15) is 5.26 Å². The van der Waals surface area contributed by atoms with E-state index in [1.54, 1.807) is 0 Å². The monoisotopic (exact) mass is 266 g/mol. The molecule has 0 spiro atoms. The molecule has 0 aromatic heterocycles. The molecule has 0 bridgehead atoms. The summed E-state index contributed by atoms with van der Waals surface area (Å²) < 4.78 is 6.01. The Morgan fingerprint density at radius 3 is 2.63 bits per heavy atom. The Morgan fingerprint density at radius 1 is 1.37 bits per heavy atom. The lowest BCUT2D eigenvalue weighted by Gasteiger charge is -2.41. The van der Waals surface area contributed by atoms with E-state index in [4.69, 9.17) is 10.00 Å². The van der Waals surface area contributed by atoms with Crippen LogP contribution >= 0.6 is 0 Å². The molecule has 3 heteroatoms. The zero-order valence-corrected chi connectivity index (χ0v) is 13.1. The maximum Gasteiger partial charge on any atom is 0.0692 e. The standard InChI is InChI=1S/C16H30N2O/c1-5-16(6-2)12-14(8-11-19-16)18-13-15(3,4)9-7-10-17/h14,18H,5-9,11-13H2,1-4H3. The summed E-state index contributed by atoms with van der Waals surface area (Å²) in [4.78, 5) is 0. The third kappa shape index (κ3) is 5.12. The summed E-state index contributed by atoms with van der Waals surface area (Å²) in [5, 5.41) is 12.4. The SMILES string of the molecule is CCC1(CC)CC(NCC(C)(C)CCC#N)CCO1. The van der Waals surface area contributed by atoms with Gasteiger partial charge in [-0.3, -0.25) is 0 Å². The van der Waals surface area contributed by atoms with Gasteiger partial charge in [0.15, 0.2) is 0 Å². The fraction of sp³-hybridized carbons (Fsp3) is 0.938. The smallest absolute Gasteiger partial charge is 0.0692 e. The lowest BCUT2D eigenvalue weighted by Crippen LogP contribution is -2.48. The first-order valence-corrected chi connectivity index (χ1v) is 7.71. The van der Waals surface area contributed by atoms with Gasteiger partial charge in [-0.1, -0.05) is 27.7 Å². The fourth-order valence-corrected chi connectivity index (χ4v) is 2.85. The third-order valence-electron chi connectivity index (χ3n) is 4.56. The van der Waals surface area contributed by atoms with Gasteiger partial charge >= 0.3 is 0 Å². The first-order valence-electron chi connectivity index (χ1n) is 7.71. The Balaban J connectivity index is 2.43. The van der Waals surface area contributed by atoms with Crippen molar-refractivity contribution >= 4 is 0 Å². The molecule has 0 saturated carbocycles. The molecule has 1 heterocycles. The summed E-state index contributed by atoms with van der Waals surface area (Å²) >= 11 is 0. The molecular weight excluding hydrogens is 236 g/mol. The molecule has 3 nitrogen and oxygen atoms in total. The van der Waals surface area contributed by atoms with Crippen molar-refractivity contribution in [3.8, 4) is 6.07 Å². The van der Waals surface area contributed by atoms with Crippen molar-refractivity contribution in [1.82, 2.24) is 5.32 Å². The van der Waals surface area contributed by atoms with Crippen molar-refractivity contribution in [2.45, 2.75) is 77.9 Å². The van der Waals surface area contributed by atoms with Crippen molar-refractivity contribution in [3.05, 3.63) is 0 Å². The number of nitriles is 1. The molecule has 0 amide bonds. The summed E-state index contributed by atoms with van der Waals surface area (Å²) in [7, 11) is 0. The van der Waals surface area contributed by atoms with Crippen LogP contribution in [0.3, 0.4) is 0 Å². The molecule has 0 aliphatic carbocycles. The van der Waals surface area contributed by atoms with Crippen molar-refractivity contribution in [3.63, 3.8) is 0 Å². The van der Waals surface area contributed by atoms with Gasteiger partial charge in [-0.15, -0.1) is 0 Å². The molecule has 1 fully saturated rings. The molecule has 1 N–H and O–H groups in total. The Bertz CT molecular complexity index is 302. The van der Waals surface area contributed by atoms with Crippen molar-refractivity contribution < 1.29 is 4.74 Å². The molecule has 0 radical (unpaired) electrons. The second-order valence-electron chi connectivity index (χ2n) is 6.63. The lowest BCUT2D eigenvalue weighted by atomic mass is 9.84. The second kappa shape index (κ2) is 7.26. The predicted molar refractivity (Wildman–Crippen MR) is 78.9 cm³/mol. The van der Waals surface area contributed by atoms with E-state index in [1.807, 2.05) is 0 Å². The molecule has 1 unspecified atom stereocenters. The first-order chi connectivity index (χ1) is 8.97. The summed E-state index contributed by atoms with van der Waals surface area (Å²) in [5.41, 5.74) is 0.293. The van der Waals surface area contributed by atoms with Crippen LogP contribution in [0.5, 0.6) is 0 Å². The van der Waals surface area contributed by atoms with E-state index in [0.717, 1.165) is 45.3 Å². The van der Waals surface area contributed by atoms with Gasteiger partial charge in [0.05, 0.1) is 11.7 Å². The topological polar surface area (TPSA) is 45.0 Å². The number of hydrogen-bond donors (Lipinski definition) is 1. The van der Waals surface area contributed by atoms with Crippen LogP contribution in [0.2, 0.25) is 0 Å². The lowest BCUT2D eigenvalue weighted by molar-refractivity contribution is -0.0937. The molecule has 110 valence electrons. The minimum Gasteiger partial charge on any atom is -0.375 e. The normalized spacial score (nSPS) is 23.0. The predicted octanol–water partition coefficient (Wildman–Crippen LogP) is 3.64. The van der Waals surface area contributed by atoms with E-state index < -0.39 is 0 Å². The van der Waals surface area contributed by atoms with E-state index in [-0.39, 0.29) is 11.0 Å². The van der Waals surface area contributed by atoms with E-state index in [2.05, 4.69) is 39.1 Å². The van der Waals surface area contributed by atoms with Crippen LogP contribution in [-0.2, 0) is 4.74 Å². The number of nitrogens with one attached hydrogen (secondary N) is 1. The molecule has 0 aromatic rings. The Hall–Kier alpha value is -0.590. The summed E-state index contributed by atoms with van der Waals surface area (Å²) in [6.07, 6.45) is 6.03. The maximum absolute atomic E-state index is 8.69. The highest BCUT2D eigenvalue weighted by molar-refractivity contribution is 4.89. The largest absolute Gasteiger partial charge is 0.375 e. The minimum atomic E-state index is 0.0900. The zero-order chi connectivity index (χ0) is 14.4. The van der Waals surface area contributed by atoms with Gasteiger partial charge in [0.2, 0.25) is 0 Å². The van der Waals surface area contributed by atoms with Crippen LogP contribution in [-0.4, -0.2) is 24.8 Å². The highest BCUT2D eigenvalue weighted by atomic mass is 16.5. The van der Waals surface area contributed by atoms with Crippen molar-refractivity contribution in [2.24, 2.45) is 5.41 Å². The van der Waals surface area contributed by atoms with E-state index in [0.29, 0.717) is 12.5 Å². The average Bonchev–Trinajstić information content (AvgIpc) is 2.43. The van der Waals surface area contributed by atoms with E-state index in [9.17, 15) is 0 Å². The van der Waals surface area contributed by atoms with Crippen molar-refractivity contribution in [1.29, 1.82) is 5.26 Å². The Morgan fingerprint density at radius 2 is 2.05 bits per heavy atom. The number of hydrogen-bond acceptors (Lipinski definition) is 3. The molecule has 1 aliphatic heterocycles. The van der Waals surface area contributed by atoms with E-state index >= 15 is 0 Å². The highest BCUT2D eigenvalue weighted by Gasteiger charge is 2.34. The molecular formula is C16H30N2O. The first kappa shape index (κ1) is 16.5. The highest BCUT2D eigenvalue weighted by Crippen LogP contribution is 2.32. The molecule has 1 aliphatic rings. The number of nitrogens with zero attached hydrogens (tertiary/aromatic N) is 1. The summed E-state index contributed by atoms with van der Waals surface area (Å²) in [5.74, 6) is 0. The van der Waals surface area contributed by atoms with Crippen molar-refractivity contribution in [2.75, 3.05) is 13.2 Å². The van der Waals surface area contributed by atoms with Gasteiger partial charge in [-0.25, -0.2) is 0 Å². The molecule has 1 atom stereocenters. The van der Waals surface area contributed by atoms with Gasteiger partial charge in [0.25, 0.3) is 0 Å². The average molecular weight is 266 g/mol. The molecule has 19 heavy (non-hydrogen) atoms. The number of rotatable bonds is 7. The Labute approximate surface area is 118 Å². The minimum absolute atomic E-state index is 0.0900. The van der Waals surface area contributed by atoms with Crippen LogP contribution in [0.25, 0.3) is 0 Å². The maximum atomic E-state index is 8.69. The van der Waals surface area contributed by atoms with Gasteiger partial charge in [-0.05, 0) is 37.5 Å². The molecule has 1 saturated heterocycles. The third-order valence-corrected chi connectivity index (χ3v) is 4.56. The molecule has 0 aromatic carbocycles. The molecule has 1 rings (SSSR count). The van der Waals surface area contributed by atoms with E-state index in [1.165, 1.54) is 0 Å². The van der Waals surface area contributed by atoms with Crippen LogP contribution in [0, 0.1) is 16.7 Å². The number of ether oxygens (including phenoxy) is 1. The fourth-order valence-electron chi connectivity index (χ4n) is 2.85. The quantitative estimate of drug-likeness (QED) is 0.765. The van der Waals surface area contributed by atoms with Crippen LogP contribution in [0.1, 0.15) is 66.2 Å². The Kier molecular flexibility index (Phi) is 6.29. The van der Waals surface area contributed by atoms with Crippen LogP contribution in [0.4, 0.5) is 0 Å². The van der Waals surface area contributed by atoms with Gasteiger partial charge in [0, 0.05) is 25.6 Å². The van der Waals surface area contributed by atoms with Crippen LogP contribution in [0.15, 0.2) is 0 Å². The summed E-state index contributed by atoms with van der Waals surface area (Å²) in [6.45, 7) is 10.8. The van der Waals surface area contributed by atoms with Gasteiger partial charge in [0.1, 0.15) is 0 Å². The van der Waals surface area contributed by atoms with Gasteiger partial charge < -0.3 is 10.1 Å². The second-order valence-corrected chi connectivity index (χ2v) is 6.63.